The molecule has 1 amide bonds. The summed E-state index contributed by atoms with van der Waals surface area (Å²) in [6, 6.07) is 14.3. The predicted molar refractivity (Wildman–Crippen MR) is 126 cm³/mol. The minimum Gasteiger partial charge on any atom is -0.508 e. The van der Waals surface area contributed by atoms with E-state index >= 15 is 0 Å². The number of pyridine rings is 1. The first-order valence-electron chi connectivity index (χ1n) is 10.1. The van der Waals surface area contributed by atoms with Gasteiger partial charge in [0.05, 0.1) is 16.9 Å². The zero-order valence-corrected chi connectivity index (χ0v) is 18.2. The van der Waals surface area contributed by atoms with Gasteiger partial charge in [-0.15, -0.1) is 0 Å². The van der Waals surface area contributed by atoms with Gasteiger partial charge in [-0.1, -0.05) is 26.0 Å². The van der Waals surface area contributed by atoms with E-state index in [4.69, 9.17) is 5.84 Å². The second-order valence-corrected chi connectivity index (χ2v) is 7.92. The molecule has 160 valence electrons. The Labute approximate surface area is 181 Å². The van der Waals surface area contributed by atoms with Crippen LogP contribution in [0, 0.1) is 12.8 Å². The van der Waals surface area contributed by atoms with Gasteiger partial charge >= 0.3 is 0 Å². The zero-order chi connectivity index (χ0) is 22.5. The molecule has 31 heavy (non-hydrogen) atoms. The number of aliphatic imine (C=N–C) groups is 1. The molecular weight excluding hydrogens is 390 g/mol. The van der Waals surface area contributed by atoms with Crippen LogP contribution in [0.1, 0.15) is 31.9 Å². The van der Waals surface area contributed by atoms with Gasteiger partial charge in [0, 0.05) is 5.39 Å². The lowest BCUT2D eigenvalue weighted by molar-refractivity contribution is -0.110. The quantitative estimate of drug-likeness (QED) is 0.311. The van der Waals surface area contributed by atoms with Crippen LogP contribution in [-0.2, 0) is 11.2 Å². The highest BCUT2D eigenvalue weighted by Crippen LogP contribution is 2.22. The highest BCUT2D eigenvalue weighted by Gasteiger charge is 2.16. The molecule has 4 N–H and O–H groups in total. The number of anilines is 1. The van der Waals surface area contributed by atoms with Gasteiger partial charge in [-0.3, -0.25) is 9.79 Å². The SMILES string of the molecule is CC(=Nc1ccc(CC(C)C)cc1C)C(=NN)C(=O)Nc1ccc2cc(O)ccc2n1. The molecule has 0 fully saturated rings. The first kappa shape index (κ1) is 22.0. The average Bonchev–Trinajstić information content (AvgIpc) is 2.70. The first-order chi connectivity index (χ1) is 14.8. The Bertz CT molecular complexity index is 1180. The van der Waals surface area contributed by atoms with Crippen molar-refractivity contribution in [1.29, 1.82) is 0 Å². The van der Waals surface area contributed by atoms with Crippen molar-refractivity contribution >= 4 is 39.7 Å². The van der Waals surface area contributed by atoms with Crippen molar-refractivity contribution in [3.05, 3.63) is 59.7 Å². The number of amides is 1. The second kappa shape index (κ2) is 9.38. The molecule has 3 aromatic rings. The Morgan fingerprint density at radius 1 is 1.16 bits per heavy atom. The monoisotopic (exact) mass is 417 g/mol. The van der Waals surface area contributed by atoms with E-state index in [0.29, 0.717) is 23.0 Å². The lowest BCUT2D eigenvalue weighted by atomic mass is 10.0. The molecule has 0 atom stereocenters. The highest BCUT2D eigenvalue weighted by atomic mass is 16.3. The van der Waals surface area contributed by atoms with E-state index in [0.717, 1.165) is 23.1 Å². The van der Waals surface area contributed by atoms with E-state index in [2.05, 4.69) is 46.4 Å². The molecule has 0 spiro atoms. The number of fused-ring (bicyclic) bond motifs is 1. The Morgan fingerprint density at radius 2 is 1.94 bits per heavy atom. The number of nitrogens with zero attached hydrogens (tertiary/aromatic N) is 3. The number of hydrogen-bond donors (Lipinski definition) is 3. The molecule has 0 bridgehead atoms. The van der Waals surface area contributed by atoms with Crippen LogP contribution in [0.5, 0.6) is 5.75 Å². The number of rotatable bonds is 6. The summed E-state index contributed by atoms with van der Waals surface area (Å²) in [6.07, 6.45) is 1.00. The summed E-state index contributed by atoms with van der Waals surface area (Å²) in [5, 5.41) is 16.7. The van der Waals surface area contributed by atoms with Crippen molar-refractivity contribution in [2.45, 2.75) is 34.1 Å². The molecule has 0 aliphatic rings. The molecule has 0 saturated heterocycles. The Kier molecular flexibility index (Phi) is 6.65. The summed E-state index contributed by atoms with van der Waals surface area (Å²) in [6.45, 7) is 8.06. The number of carbonyl (C=O) groups excluding carboxylic acids is 1. The van der Waals surface area contributed by atoms with Gasteiger partial charge in [-0.2, -0.15) is 5.10 Å². The summed E-state index contributed by atoms with van der Waals surface area (Å²) in [4.78, 5) is 21.7. The number of aromatic nitrogens is 1. The lowest BCUT2D eigenvalue weighted by Gasteiger charge is -2.10. The minimum absolute atomic E-state index is 0.0262. The highest BCUT2D eigenvalue weighted by molar-refractivity contribution is 6.68. The van der Waals surface area contributed by atoms with E-state index in [1.165, 1.54) is 5.56 Å². The van der Waals surface area contributed by atoms with Crippen LogP contribution in [-0.4, -0.2) is 27.4 Å². The summed E-state index contributed by atoms with van der Waals surface area (Å²) >= 11 is 0. The number of nitrogens with one attached hydrogen (secondary N) is 1. The van der Waals surface area contributed by atoms with E-state index < -0.39 is 5.91 Å². The van der Waals surface area contributed by atoms with Crippen molar-refractivity contribution in [2.24, 2.45) is 21.9 Å². The maximum Gasteiger partial charge on any atom is 0.279 e. The topological polar surface area (TPSA) is 113 Å². The van der Waals surface area contributed by atoms with Gasteiger partial charge in [0.15, 0.2) is 5.71 Å². The van der Waals surface area contributed by atoms with Crippen LogP contribution < -0.4 is 11.2 Å². The summed E-state index contributed by atoms with van der Waals surface area (Å²) in [5.74, 6) is 6.09. The third-order valence-electron chi connectivity index (χ3n) is 4.79. The second-order valence-electron chi connectivity index (χ2n) is 7.92. The van der Waals surface area contributed by atoms with Crippen molar-refractivity contribution in [3.63, 3.8) is 0 Å². The van der Waals surface area contributed by atoms with E-state index in [9.17, 15) is 9.90 Å². The van der Waals surface area contributed by atoms with Gasteiger partial charge in [-0.05, 0) is 73.7 Å². The van der Waals surface area contributed by atoms with Gasteiger partial charge in [0.25, 0.3) is 5.91 Å². The molecule has 0 unspecified atom stereocenters. The van der Waals surface area contributed by atoms with Crippen molar-refractivity contribution in [2.75, 3.05) is 5.32 Å². The van der Waals surface area contributed by atoms with E-state index in [-0.39, 0.29) is 11.5 Å². The molecule has 7 nitrogen and oxygen atoms in total. The Morgan fingerprint density at radius 3 is 2.61 bits per heavy atom. The Hall–Kier alpha value is -3.74. The summed E-state index contributed by atoms with van der Waals surface area (Å²) < 4.78 is 0. The molecule has 7 heteroatoms. The molecular formula is C24H27N5O2. The van der Waals surface area contributed by atoms with E-state index in [1.807, 2.05) is 13.0 Å². The van der Waals surface area contributed by atoms with Crippen LogP contribution >= 0.6 is 0 Å². The molecule has 2 aromatic carbocycles. The largest absolute Gasteiger partial charge is 0.508 e. The number of hydrogen-bond acceptors (Lipinski definition) is 6. The van der Waals surface area contributed by atoms with Crippen molar-refractivity contribution in [3.8, 4) is 5.75 Å². The number of carbonyl (C=O) groups is 1. The number of nitrogens with two attached hydrogens (primary N) is 1. The molecule has 3 rings (SSSR count). The number of aromatic hydroxyl groups is 1. The van der Waals surface area contributed by atoms with Crippen LogP contribution in [0.2, 0.25) is 0 Å². The van der Waals surface area contributed by atoms with E-state index in [1.54, 1.807) is 37.3 Å². The fraction of sp³-hybridized carbons (Fsp3) is 0.250. The minimum atomic E-state index is -0.497. The molecule has 1 heterocycles. The van der Waals surface area contributed by atoms with Crippen molar-refractivity contribution < 1.29 is 9.90 Å². The fourth-order valence-electron chi connectivity index (χ4n) is 3.35. The zero-order valence-electron chi connectivity index (χ0n) is 18.2. The third kappa shape index (κ3) is 5.45. The summed E-state index contributed by atoms with van der Waals surface area (Å²) in [5.41, 5.74) is 4.12. The molecule has 0 aliphatic heterocycles. The number of phenols is 1. The third-order valence-corrected chi connectivity index (χ3v) is 4.79. The molecule has 0 aliphatic carbocycles. The smallest absolute Gasteiger partial charge is 0.279 e. The van der Waals surface area contributed by atoms with Gasteiger partial charge in [0.2, 0.25) is 0 Å². The molecule has 0 radical (unpaired) electrons. The Balaban J connectivity index is 1.79. The average molecular weight is 418 g/mol. The maximum absolute atomic E-state index is 12.7. The van der Waals surface area contributed by atoms with Crippen LogP contribution in [0.4, 0.5) is 11.5 Å². The van der Waals surface area contributed by atoms with Crippen LogP contribution in [0.15, 0.2) is 58.6 Å². The van der Waals surface area contributed by atoms with Gasteiger partial charge < -0.3 is 16.3 Å². The molecule has 0 saturated carbocycles. The normalized spacial score (nSPS) is 12.4. The summed E-state index contributed by atoms with van der Waals surface area (Å²) in [7, 11) is 0. The van der Waals surface area contributed by atoms with Gasteiger partial charge in [-0.25, -0.2) is 4.98 Å². The van der Waals surface area contributed by atoms with Crippen molar-refractivity contribution in [1.82, 2.24) is 4.98 Å². The maximum atomic E-state index is 12.7. The predicted octanol–water partition coefficient (Wildman–Crippen LogP) is 4.49. The van der Waals surface area contributed by atoms with Crippen LogP contribution in [0.25, 0.3) is 10.9 Å². The number of benzene rings is 2. The number of phenolic OH excluding ortho intramolecular Hbond substituents is 1. The number of aryl methyl sites for hydroxylation is 1. The lowest BCUT2D eigenvalue weighted by Crippen LogP contribution is -2.30. The number of hydrazone groups is 1. The standard InChI is InChI=1S/C24H27N5O2/c1-14(2)11-17-5-8-20(15(3)12-17)26-16(4)23(29-25)24(31)28-22-10-6-18-13-19(30)7-9-21(18)27-22/h5-10,12-14,30H,11,25H2,1-4H3,(H,27,28,31). The van der Waals surface area contributed by atoms with Gasteiger partial charge in [0.1, 0.15) is 11.6 Å². The first-order valence-corrected chi connectivity index (χ1v) is 10.1. The van der Waals surface area contributed by atoms with Crippen LogP contribution in [0.3, 0.4) is 0 Å². The fourth-order valence-corrected chi connectivity index (χ4v) is 3.35. The molecule has 1 aromatic heterocycles.